The van der Waals surface area contributed by atoms with Crippen molar-refractivity contribution in [3.63, 3.8) is 0 Å². The first-order valence-corrected chi connectivity index (χ1v) is 11.7. The Hall–Kier alpha value is -5.03. The van der Waals surface area contributed by atoms with Gasteiger partial charge >= 0.3 is 0 Å². The van der Waals surface area contributed by atoms with Gasteiger partial charge in [0.2, 0.25) is 0 Å². The maximum absolute atomic E-state index is 14.1. The minimum absolute atomic E-state index is 0.351. The van der Waals surface area contributed by atoms with Gasteiger partial charge in [0.1, 0.15) is 0 Å². The molecule has 0 aliphatic heterocycles. The molecule has 0 amide bonds. The predicted molar refractivity (Wildman–Crippen MR) is 145 cm³/mol. The number of aromatic nitrogens is 3. The van der Waals surface area contributed by atoms with Crippen LogP contribution in [0.5, 0.6) is 0 Å². The molecule has 3 aromatic heterocycles. The summed E-state index contributed by atoms with van der Waals surface area (Å²) in [7, 11) is 0. The summed E-state index contributed by atoms with van der Waals surface area (Å²) in [5.41, 5.74) is 2.86. The summed E-state index contributed by atoms with van der Waals surface area (Å²) in [6, 6.07) is 33.1. The zero-order valence-corrected chi connectivity index (χ0v) is 19.1. The minimum atomic E-state index is -0.361. The molecule has 170 valence electrons. The number of nitrogens with zero attached hydrogens (tertiary/aromatic N) is 3. The van der Waals surface area contributed by atoms with Crippen LogP contribution in [-0.2, 0) is 0 Å². The summed E-state index contributed by atoms with van der Waals surface area (Å²) >= 11 is 0. The number of para-hydroxylation sites is 3. The molecule has 4 aromatic carbocycles. The molecule has 36 heavy (non-hydrogen) atoms. The molecule has 0 atom stereocenters. The molecule has 0 spiro atoms. The summed E-state index contributed by atoms with van der Waals surface area (Å²) in [5, 5.41) is 4.26. The lowest BCUT2D eigenvalue weighted by Crippen LogP contribution is -2.28. The first-order chi connectivity index (χ1) is 17.7. The Morgan fingerprint density at radius 3 is 1.86 bits per heavy atom. The average molecular weight is 466 g/mol. The molecular formula is C31H19N3O2. The number of rotatable bonds is 2. The zero-order chi connectivity index (χ0) is 24.2. The number of pyridine rings is 1. The lowest BCUT2D eigenvalue weighted by Gasteiger charge is -2.08. The van der Waals surface area contributed by atoms with Gasteiger partial charge in [-0.05, 0) is 53.9 Å². The van der Waals surface area contributed by atoms with Gasteiger partial charge < -0.3 is 4.57 Å². The summed E-state index contributed by atoms with van der Waals surface area (Å²) in [5.74, 6) is 0. The molecule has 0 saturated heterocycles. The van der Waals surface area contributed by atoms with Gasteiger partial charge in [-0.2, -0.15) is 0 Å². The van der Waals surface area contributed by atoms with Gasteiger partial charge in [-0.3, -0.25) is 14.6 Å². The van der Waals surface area contributed by atoms with E-state index < -0.39 is 0 Å². The van der Waals surface area contributed by atoms with Gasteiger partial charge in [-0.1, -0.05) is 54.6 Å². The lowest BCUT2D eigenvalue weighted by molar-refractivity contribution is 0.976. The average Bonchev–Trinajstić information content (AvgIpc) is 3.22. The Kier molecular flexibility index (Phi) is 4.38. The van der Waals surface area contributed by atoms with E-state index in [0.29, 0.717) is 27.2 Å². The van der Waals surface area contributed by atoms with Crippen LogP contribution in [0.2, 0.25) is 0 Å². The lowest BCUT2D eigenvalue weighted by atomic mass is 10.1. The van der Waals surface area contributed by atoms with Crippen molar-refractivity contribution >= 4 is 43.4 Å². The van der Waals surface area contributed by atoms with Gasteiger partial charge in [0.05, 0.1) is 22.1 Å². The summed E-state index contributed by atoms with van der Waals surface area (Å²) in [6.45, 7) is 0. The third kappa shape index (κ3) is 2.86. The van der Waals surface area contributed by atoms with Crippen molar-refractivity contribution in [1.82, 2.24) is 14.1 Å². The van der Waals surface area contributed by atoms with E-state index in [1.165, 1.54) is 4.57 Å². The molecule has 0 fully saturated rings. The van der Waals surface area contributed by atoms with Crippen LogP contribution in [-0.4, -0.2) is 14.1 Å². The Balaban J connectivity index is 1.76. The maximum Gasteiger partial charge on any atom is 0.266 e. The summed E-state index contributed by atoms with van der Waals surface area (Å²) in [6.07, 6.45) is 3.27. The monoisotopic (exact) mass is 465 g/mol. The highest BCUT2D eigenvalue weighted by atomic mass is 16.2. The van der Waals surface area contributed by atoms with Crippen molar-refractivity contribution in [3.8, 4) is 11.4 Å². The fourth-order valence-corrected chi connectivity index (χ4v) is 5.21. The Bertz CT molecular complexity index is 2080. The fourth-order valence-electron chi connectivity index (χ4n) is 5.21. The van der Waals surface area contributed by atoms with Crippen molar-refractivity contribution in [2.45, 2.75) is 0 Å². The highest BCUT2D eigenvalue weighted by Crippen LogP contribution is 2.35. The SMILES string of the molecule is O=c1c2ccncc2c2cc3c(cc2c(=O)n1-c1ccccc1)c1ccccc1n3-c1ccccc1. The maximum atomic E-state index is 14.1. The van der Waals surface area contributed by atoms with Crippen LogP contribution in [0.3, 0.4) is 0 Å². The standard InChI is InChI=1S/C31H19N3O2/c35-30-23-15-16-32-19-27(23)24-18-29-25(17-26(24)31(36)34(30)21-11-5-2-6-12-21)22-13-7-8-14-28(22)33(29)20-9-3-1-4-10-20/h1-19H. The molecular weight excluding hydrogens is 446 g/mol. The van der Waals surface area contributed by atoms with Crippen LogP contribution in [0.25, 0.3) is 54.7 Å². The zero-order valence-electron chi connectivity index (χ0n) is 19.1. The van der Waals surface area contributed by atoms with Gasteiger partial charge in [0.25, 0.3) is 11.1 Å². The summed E-state index contributed by atoms with van der Waals surface area (Å²) < 4.78 is 3.47. The molecule has 7 rings (SSSR count). The molecule has 0 N–H and O–H groups in total. The van der Waals surface area contributed by atoms with Crippen molar-refractivity contribution < 1.29 is 0 Å². The molecule has 0 bridgehead atoms. The van der Waals surface area contributed by atoms with E-state index in [1.807, 2.05) is 60.7 Å². The van der Waals surface area contributed by atoms with E-state index in [1.54, 1.807) is 30.6 Å². The number of fused-ring (bicyclic) bond motifs is 6. The van der Waals surface area contributed by atoms with E-state index in [9.17, 15) is 9.59 Å². The molecule has 5 nitrogen and oxygen atoms in total. The highest BCUT2D eigenvalue weighted by molar-refractivity contribution is 6.17. The van der Waals surface area contributed by atoms with Crippen LogP contribution < -0.4 is 11.1 Å². The topological polar surface area (TPSA) is 56.9 Å². The van der Waals surface area contributed by atoms with Crippen molar-refractivity contribution in [2.24, 2.45) is 0 Å². The molecule has 0 radical (unpaired) electrons. The van der Waals surface area contributed by atoms with Crippen LogP contribution in [0.4, 0.5) is 0 Å². The second kappa shape index (κ2) is 7.75. The molecule has 3 heterocycles. The van der Waals surface area contributed by atoms with Gasteiger partial charge in [0, 0.05) is 39.6 Å². The third-order valence-electron chi connectivity index (χ3n) is 6.82. The molecule has 0 aliphatic carbocycles. The molecule has 0 unspecified atom stereocenters. The van der Waals surface area contributed by atoms with Crippen LogP contribution in [0, 0.1) is 0 Å². The molecule has 5 heteroatoms. The van der Waals surface area contributed by atoms with Crippen LogP contribution in [0.1, 0.15) is 0 Å². The first kappa shape index (κ1) is 20.4. The third-order valence-corrected chi connectivity index (χ3v) is 6.82. The second-order valence-electron chi connectivity index (χ2n) is 8.81. The first-order valence-electron chi connectivity index (χ1n) is 11.7. The van der Waals surface area contributed by atoms with E-state index in [2.05, 4.69) is 33.8 Å². The Morgan fingerprint density at radius 1 is 0.472 bits per heavy atom. The normalized spacial score (nSPS) is 11.6. The minimum Gasteiger partial charge on any atom is -0.309 e. The van der Waals surface area contributed by atoms with Gasteiger partial charge in [-0.15, -0.1) is 0 Å². The highest BCUT2D eigenvalue weighted by Gasteiger charge is 2.17. The number of hydrogen-bond acceptors (Lipinski definition) is 3. The van der Waals surface area contributed by atoms with Crippen LogP contribution in [0.15, 0.2) is 125 Å². The molecule has 0 aliphatic rings. The summed E-state index contributed by atoms with van der Waals surface area (Å²) in [4.78, 5) is 32.1. The van der Waals surface area contributed by atoms with Crippen molar-refractivity contribution in [3.05, 3.63) is 136 Å². The quantitative estimate of drug-likeness (QED) is 0.315. The van der Waals surface area contributed by atoms with E-state index in [-0.39, 0.29) is 11.1 Å². The number of benzene rings is 4. The van der Waals surface area contributed by atoms with Crippen molar-refractivity contribution in [1.29, 1.82) is 0 Å². The van der Waals surface area contributed by atoms with E-state index in [4.69, 9.17) is 0 Å². The van der Waals surface area contributed by atoms with E-state index >= 15 is 0 Å². The largest absolute Gasteiger partial charge is 0.309 e. The fraction of sp³-hybridized carbons (Fsp3) is 0. The van der Waals surface area contributed by atoms with Crippen LogP contribution >= 0.6 is 0 Å². The number of hydrogen-bond donors (Lipinski definition) is 0. The van der Waals surface area contributed by atoms with E-state index in [0.717, 1.165) is 27.5 Å². The molecule has 0 saturated carbocycles. The smallest absolute Gasteiger partial charge is 0.266 e. The Labute approximate surface area is 205 Å². The predicted octanol–water partition coefficient (Wildman–Crippen LogP) is 6.00. The van der Waals surface area contributed by atoms with Crippen molar-refractivity contribution in [2.75, 3.05) is 0 Å². The molecule has 7 aromatic rings. The van der Waals surface area contributed by atoms with Gasteiger partial charge in [-0.25, -0.2) is 4.57 Å². The van der Waals surface area contributed by atoms with Gasteiger partial charge in [0.15, 0.2) is 0 Å². The second-order valence-corrected chi connectivity index (χ2v) is 8.81. The Morgan fingerprint density at radius 2 is 1.11 bits per heavy atom.